The van der Waals surface area contributed by atoms with Crippen LogP contribution in [0.15, 0.2) is 9.52 Å². The van der Waals surface area contributed by atoms with E-state index in [9.17, 15) is 0 Å². The molecule has 3 rings (SSSR count). The van der Waals surface area contributed by atoms with Crippen molar-refractivity contribution >= 4 is 5.96 Å². The predicted octanol–water partition coefficient (Wildman–Crippen LogP) is 2.53. The highest BCUT2D eigenvalue weighted by Crippen LogP contribution is 2.35. The molecule has 0 spiro atoms. The fourth-order valence-electron chi connectivity index (χ4n) is 4.07. The Morgan fingerprint density at radius 2 is 1.95 bits per heavy atom. The third kappa shape index (κ3) is 3.13. The van der Waals surface area contributed by atoms with E-state index in [4.69, 9.17) is 4.52 Å². The van der Waals surface area contributed by atoms with Crippen LogP contribution in [0, 0.1) is 25.7 Å². The Balaban J connectivity index is 1.52. The predicted molar refractivity (Wildman–Crippen MR) is 88.1 cm³/mol. The lowest BCUT2D eigenvalue weighted by atomic mass is 9.82. The Labute approximate surface area is 133 Å². The fourth-order valence-corrected chi connectivity index (χ4v) is 4.07. The Hall–Kier alpha value is -1.52. The number of aromatic nitrogens is 1. The van der Waals surface area contributed by atoms with E-state index in [0.29, 0.717) is 0 Å². The summed E-state index contributed by atoms with van der Waals surface area (Å²) in [4.78, 5) is 6.94. The van der Waals surface area contributed by atoms with Gasteiger partial charge >= 0.3 is 0 Å². The molecule has 2 unspecified atom stereocenters. The molecule has 1 N–H and O–H groups in total. The lowest BCUT2D eigenvalue weighted by Crippen LogP contribution is -2.41. The molecule has 5 heteroatoms. The van der Waals surface area contributed by atoms with E-state index < -0.39 is 0 Å². The van der Waals surface area contributed by atoms with Gasteiger partial charge in [0.2, 0.25) is 0 Å². The zero-order chi connectivity index (χ0) is 15.5. The van der Waals surface area contributed by atoms with Gasteiger partial charge in [0.25, 0.3) is 0 Å². The third-order valence-electron chi connectivity index (χ3n) is 5.33. The molecule has 1 aliphatic carbocycles. The Kier molecular flexibility index (Phi) is 4.69. The van der Waals surface area contributed by atoms with Gasteiger partial charge in [0.15, 0.2) is 5.96 Å². The molecular weight excluding hydrogens is 276 g/mol. The molecule has 1 aromatic heterocycles. The molecule has 1 saturated heterocycles. The van der Waals surface area contributed by atoms with Crippen LogP contribution in [0.3, 0.4) is 0 Å². The zero-order valence-corrected chi connectivity index (χ0v) is 14.1. The van der Waals surface area contributed by atoms with E-state index in [-0.39, 0.29) is 0 Å². The average molecular weight is 304 g/mol. The molecular formula is C17H28N4O. The summed E-state index contributed by atoms with van der Waals surface area (Å²) in [6.07, 6.45) is 6.55. The van der Waals surface area contributed by atoms with Crippen LogP contribution < -0.4 is 5.32 Å². The molecule has 1 saturated carbocycles. The molecule has 0 amide bonds. The van der Waals surface area contributed by atoms with E-state index in [0.717, 1.165) is 42.2 Å². The summed E-state index contributed by atoms with van der Waals surface area (Å²) in [5.41, 5.74) is 2.22. The number of guanidine groups is 1. The van der Waals surface area contributed by atoms with Crippen molar-refractivity contribution in [2.45, 2.75) is 46.0 Å². The highest BCUT2D eigenvalue weighted by atomic mass is 16.5. The Bertz CT molecular complexity index is 503. The number of aliphatic imine (C=N–C) groups is 1. The van der Waals surface area contributed by atoms with Gasteiger partial charge in [-0.3, -0.25) is 4.99 Å². The van der Waals surface area contributed by atoms with Crippen molar-refractivity contribution in [1.29, 1.82) is 0 Å². The van der Waals surface area contributed by atoms with Gasteiger partial charge in [0.05, 0.1) is 5.69 Å². The largest absolute Gasteiger partial charge is 0.361 e. The van der Waals surface area contributed by atoms with Crippen LogP contribution in [-0.4, -0.2) is 42.7 Å². The van der Waals surface area contributed by atoms with Crippen molar-refractivity contribution in [3.05, 3.63) is 17.0 Å². The quantitative estimate of drug-likeness (QED) is 0.689. The standard InChI is InChI=1S/C17H28N4O/c1-12-16(13(2)22-20-12)8-9-19-17(18-3)21-10-14-6-4-5-7-15(14)11-21/h14-15H,4-11H2,1-3H3,(H,18,19). The first kappa shape index (κ1) is 15.4. The maximum atomic E-state index is 5.22. The summed E-state index contributed by atoms with van der Waals surface area (Å²) in [5, 5.41) is 7.54. The molecule has 0 aromatic carbocycles. The van der Waals surface area contributed by atoms with Crippen LogP contribution >= 0.6 is 0 Å². The highest BCUT2D eigenvalue weighted by Gasteiger charge is 2.35. The summed E-state index contributed by atoms with van der Waals surface area (Å²) in [6, 6.07) is 0. The molecule has 2 fully saturated rings. The lowest BCUT2D eigenvalue weighted by molar-refractivity contribution is 0.299. The second kappa shape index (κ2) is 6.71. The first-order valence-electron chi connectivity index (χ1n) is 8.56. The zero-order valence-electron chi connectivity index (χ0n) is 14.1. The molecule has 1 aromatic rings. The van der Waals surface area contributed by atoms with Crippen LogP contribution in [0.1, 0.15) is 42.7 Å². The van der Waals surface area contributed by atoms with Crippen LogP contribution in [0.4, 0.5) is 0 Å². The SMILES string of the molecule is CN=C(NCCc1c(C)noc1C)N1CC2CCCCC2C1. The van der Waals surface area contributed by atoms with Gasteiger partial charge in [-0.15, -0.1) is 0 Å². The van der Waals surface area contributed by atoms with Gasteiger partial charge in [-0.25, -0.2) is 0 Å². The molecule has 1 aliphatic heterocycles. The fraction of sp³-hybridized carbons (Fsp3) is 0.765. The Morgan fingerprint density at radius 1 is 1.27 bits per heavy atom. The maximum absolute atomic E-state index is 5.22. The Morgan fingerprint density at radius 3 is 2.50 bits per heavy atom. The number of nitrogens with one attached hydrogen (secondary N) is 1. The topological polar surface area (TPSA) is 53.7 Å². The monoisotopic (exact) mass is 304 g/mol. The number of aryl methyl sites for hydroxylation is 2. The number of hydrogen-bond donors (Lipinski definition) is 1. The molecule has 2 heterocycles. The van der Waals surface area contributed by atoms with Crippen molar-refractivity contribution in [3.8, 4) is 0 Å². The normalized spacial score (nSPS) is 25.4. The van der Waals surface area contributed by atoms with Crippen LogP contribution in [0.2, 0.25) is 0 Å². The first-order valence-corrected chi connectivity index (χ1v) is 8.56. The second-order valence-electron chi connectivity index (χ2n) is 6.74. The maximum Gasteiger partial charge on any atom is 0.193 e. The van der Waals surface area contributed by atoms with Gasteiger partial charge in [-0.1, -0.05) is 18.0 Å². The minimum Gasteiger partial charge on any atom is -0.361 e. The molecule has 5 nitrogen and oxygen atoms in total. The lowest BCUT2D eigenvalue weighted by Gasteiger charge is -2.22. The summed E-state index contributed by atoms with van der Waals surface area (Å²) in [6.45, 7) is 7.22. The molecule has 2 aliphatic rings. The molecule has 22 heavy (non-hydrogen) atoms. The molecule has 0 radical (unpaired) electrons. The average Bonchev–Trinajstić information content (AvgIpc) is 3.08. The second-order valence-corrected chi connectivity index (χ2v) is 6.74. The van der Waals surface area contributed by atoms with Gasteiger partial charge < -0.3 is 14.7 Å². The minimum absolute atomic E-state index is 0.876. The number of fused-ring (bicyclic) bond motifs is 1. The smallest absolute Gasteiger partial charge is 0.193 e. The summed E-state index contributed by atoms with van der Waals surface area (Å²) in [5.74, 6) is 3.76. The van der Waals surface area contributed by atoms with Crippen molar-refractivity contribution in [1.82, 2.24) is 15.4 Å². The van der Waals surface area contributed by atoms with E-state index in [1.165, 1.54) is 44.3 Å². The molecule has 0 bridgehead atoms. The number of nitrogens with zero attached hydrogens (tertiary/aromatic N) is 3. The number of hydrogen-bond acceptors (Lipinski definition) is 3. The summed E-state index contributed by atoms with van der Waals surface area (Å²) in [7, 11) is 1.89. The third-order valence-corrected chi connectivity index (χ3v) is 5.33. The van der Waals surface area contributed by atoms with Crippen molar-refractivity contribution in [3.63, 3.8) is 0 Å². The van der Waals surface area contributed by atoms with E-state index in [1.807, 2.05) is 20.9 Å². The minimum atomic E-state index is 0.876. The number of rotatable bonds is 3. The van der Waals surface area contributed by atoms with Gasteiger partial charge in [0, 0.05) is 32.2 Å². The summed E-state index contributed by atoms with van der Waals surface area (Å²) >= 11 is 0. The van der Waals surface area contributed by atoms with E-state index in [2.05, 4.69) is 20.4 Å². The van der Waals surface area contributed by atoms with Crippen LogP contribution in [-0.2, 0) is 6.42 Å². The van der Waals surface area contributed by atoms with Gasteiger partial charge in [-0.2, -0.15) is 0 Å². The van der Waals surface area contributed by atoms with Gasteiger partial charge in [0.1, 0.15) is 5.76 Å². The van der Waals surface area contributed by atoms with E-state index in [1.54, 1.807) is 0 Å². The molecule has 2 atom stereocenters. The van der Waals surface area contributed by atoms with Crippen molar-refractivity contribution in [2.75, 3.05) is 26.7 Å². The summed E-state index contributed by atoms with van der Waals surface area (Å²) < 4.78 is 5.22. The van der Waals surface area contributed by atoms with Crippen molar-refractivity contribution in [2.24, 2.45) is 16.8 Å². The van der Waals surface area contributed by atoms with Crippen LogP contribution in [0.25, 0.3) is 0 Å². The van der Waals surface area contributed by atoms with Gasteiger partial charge in [-0.05, 0) is 44.9 Å². The molecule has 122 valence electrons. The van der Waals surface area contributed by atoms with Crippen molar-refractivity contribution < 1.29 is 4.52 Å². The number of likely N-dealkylation sites (tertiary alicyclic amines) is 1. The van der Waals surface area contributed by atoms with E-state index >= 15 is 0 Å². The highest BCUT2D eigenvalue weighted by molar-refractivity contribution is 5.80. The first-order chi connectivity index (χ1) is 10.7. The van der Waals surface area contributed by atoms with Crippen LogP contribution in [0.5, 0.6) is 0 Å².